The molecule has 92 valence electrons. The van der Waals surface area contributed by atoms with E-state index in [1.807, 2.05) is 0 Å². The molecule has 0 spiro atoms. The van der Waals surface area contributed by atoms with Crippen LogP contribution >= 0.6 is 0 Å². The maximum absolute atomic E-state index is 11.5. The Morgan fingerprint density at radius 2 is 1.94 bits per heavy atom. The molecule has 3 atom stereocenters. The summed E-state index contributed by atoms with van der Waals surface area (Å²) in [7, 11) is 0. The SMILES string of the molecule is CC[C@H]1CCCCC[C@@H]1[C@H]1CCCC(=O)N1. The van der Waals surface area contributed by atoms with Crippen molar-refractivity contribution < 1.29 is 4.79 Å². The minimum absolute atomic E-state index is 0.287. The summed E-state index contributed by atoms with van der Waals surface area (Å²) < 4.78 is 0. The van der Waals surface area contributed by atoms with Gasteiger partial charge >= 0.3 is 0 Å². The van der Waals surface area contributed by atoms with Crippen LogP contribution in [0.3, 0.4) is 0 Å². The molecule has 2 fully saturated rings. The second kappa shape index (κ2) is 5.70. The maximum atomic E-state index is 11.5. The average Bonchev–Trinajstić information content (AvgIpc) is 2.53. The summed E-state index contributed by atoms with van der Waals surface area (Å²) in [5.74, 6) is 1.90. The standard InChI is InChI=1S/C14H25NO/c1-2-11-7-4-3-5-8-12(11)13-9-6-10-14(16)15-13/h11-13H,2-10H2,1H3,(H,15,16)/t11-,12-,13+/m0/s1. The van der Waals surface area contributed by atoms with Crippen LogP contribution in [0.1, 0.15) is 64.7 Å². The third-order valence-corrected chi connectivity index (χ3v) is 4.52. The highest BCUT2D eigenvalue weighted by molar-refractivity contribution is 5.76. The van der Waals surface area contributed by atoms with Gasteiger partial charge in [0.25, 0.3) is 0 Å². The van der Waals surface area contributed by atoms with Crippen LogP contribution in [0, 0.1) is 11.8 Å². The molecule has 2 nitrogen and oxygen atoms in total. The Labute approximate surface area is 99.2 Å². The quantitative estimate of drug-likeness (QED) is 0.715. The molecule has 1 heterocycles. The molecule has 16 heavy (non-hydrogen) atoms. The van der Waals surface area contributed by atoms with Gasteiger partial charge in [0.2, 0.25) is 5.91 Å². The highest BCUT2D eigenvalue weighted by Crippen LogP contribution is 2.35. The molecule has 2 rings (SSSR count). The molecule has 0 unspecified atom stereocenters. The zero-order valence-electron chi connectivity index (χ0n) is 10.5. The van der Waals surface area contributed by atoms with E-state index in [1.165, 1.54) is 44.9 Å². The van der Waals surface area contributed by atoms with E-state index in [-0.39, 0.29) is 5.91 Å². The fraction of sp³-hybridized carbons (Fsp3) is 0.929. The minimum Gasteiger partial charge on any atom is -0.353 e. The number of amides is 1. The van der Waals surface area contributed by atoms with Crippen LogP contribution in [0.25, 0.3) is 0 Å². The van der Waals surface area contributed by atoms with Crippen molar-refractivity contribution >= 4 is 5.91 Å². The first-order valence-corrected chi connectivity index (χ1v) is 7.10. The van der Waals surface area contributed by atoms with Gasteiger partial charge in [0.05, 0.1) is 0 Å². The zero-order valence-corrected chi connectivity index (χ0v) is 10.5. The molecule has 1 amide bonds. The molecule has 0 radical (unpaired) electrons. The Balaban J connectivity index is 2.00. The number of carbonyl (C=O) groups excluding carboxylic acids is 1. The molecule has 0 aromatic carbocycles. The van der Waals surface area contributed by atoms with Crippen LogP contribution in [-0.4, -0.2) is 11.9 Å². The van der Waals surface area contributed by atoms with Crippen LogP contribution in [0.4, 0.5) is 0 Å². The fourth-order valence-electron chi connectivity index (χ4n) is 3.60. The molecular formula is C14H25NO. The first-order valence-electron chi connectivity index (χ1n) is 7.10. The Morgan fingerprint density at radius 1 is 1.12 bits per heavy atom. The fourth-order valence-corrected chi connectivity index (χ4v) is 3.60. The lowest BCUT2D eigenvalue weighted by molar-refractivity contribution is -0.124. The van der Waals surface area contributed by atoms with Crippen molar-refractivity contribution in [1.82, 2.24) is 5.32 Å². The summed E-state index contributed by atoms with van der Waals surface area (Å²) in [5, 5.41) is 3.24. The maximum Gasteiger partial charge on any atom is 0.220 e. The molecular weight excluding hydrogens is 198 g/mol. The highest BCUT2D eigenvalue weighted by Gasteiger charge is 2.32. The van der Waals surface area contributed by atoms with E-state index in [4.69, 9.17) is 0 Å². The molecule has 1 N–H and O–H groups in total. The summed E-state index contributed by atoms with van der Waals surface area (Å²) in [6, 6.07) is 0.490. The lowest BCUT2D eigenvalue weighted by atomic mass is 9.78. The first-order chi connectivity index (χ1) is 7.81. The smallest absolute Gasteiger partial charge is 0.220 e. The predicted octanol–water partition coefficient (Wildman–Crippen LogP) is 3.26. The summed E-state index contributed by atoms with van der Waals surface area (Å²) in [6.45, 7) is 2.31. The van der Waals surface area contributed by atoms with Gasteiger partial charge < -0.3 is 5.32 Å². The molecule has 2 heteroatoms. The van der Waals surface area contributed by atoms with E-state index in [9.17, 15) is 4.79 Å². The van der Waals surface area contributed by atoms with E-state index >= 15 is 0 Å². The van der Waals surface area contributed by atoms with Gasteiger partial charge in [-0.1, -0.05) is 39.0 Å². The number of hydrogen-bond donors (Lipinski definition) is 1. The van der Waals surface area contributed by atoms with Crippen LogP contribution in [-0.2, 0) is 4.79 Å². The Hall–Kier alpha value is -0.530. The molecule has 0 aromatic rings. The summed E-state index contributed by atoms with van der Waals surface area (Å²) in [6.07, 6.45) is 11.2. The summed E-state index contributed by atoms with van der Waals surface area (Å²) in [4.78, 5) is 11.5. The van der Waals surface area contributed by atoms with Crippen molar-refractivity contribution in [2.24, 2.45) is 11.8 Å². The molecule has 0 bridgehead atoms. The third kappa shape index (κ3) is 2.78. The van der Waals surface area contributed by atoms with Gasteiger partial charge in [0.1, 0.15) is 0 Å². The van der Waals surface area contributed by atoms with Crippen LogP contribution in [0.2, 0.25) is 0 Å². The molecule has 1 aliphatic carbocycles. The van der Waals surface area contributed by atoms with E-state index in [1.54, 1.807) is 0 Å². The topological polar surface area (TPSA) is 29.1 Å². The number of carbonyl (C=O) groups is 1. The van der Waals surface area contributed by atoms with Crippen molar-refractivity contribution in [3.63, 3.8) is 0 Å². The van der Waals surface area contributed by atoms with E-state index < -0.39 is 0 Å². The van der Waals surface area contributed by atoms with Crippen LogP contribution in [0.5, 0.6) is 0 Å². The van der Waals surface area contributed by atoms with Gasteiger partial charge in [0, 0.05) is 12.5 Å². The largest absolute Gasteiger partial charge is 0.353 e. The van der Waals surface area contributed by atoms with Gasteiger partial charge in [0.15, 0.2) is 0 Å². The molecule has 1 saturated carbocycles. The second-order valence-electron chi connectivity index (χ2n) is 5.54. The van der Waals surface area contributed by atoms with Crippen LogP contribution < -0.4 is 5.32 Å². The van der Waals surface area contributed by atoms with Crippen LogP contribution in [0.15, 0.2) is 0 Å². The predicted molar refractivity (Wildman–Crippen MR) is 66.1 cm³/mol. The third-order valence-electron chi connectivity index (χ3n) is 4.52. The highest BCUT2D eigenvalue weighted by atomic mass is 16.1. The monoisotopic (exact) mass is 223 g/mol. The van der Waals surface area contributed by atoms with E-state index in [2.05, 4.69) is 12.2 Å². The molecule has 1 aliphatic heterocycles. The Morgan fingerprint density at radius 3 is 2.69 bits per heavy atom. The normalized spacial score (nSPS) is 36.6. The number of rotatable bonds is 2. The molecule has 1 saturated heterocycles. The van der Waals surface area contributed by atoms with Crippen molar-refractivity contribution in [2.45, 2.75) is 70.8 Å². The van der Waals surface area contributed by atoms with Gasteiger partial charge in [-0.05, 0) is 31.1 Å². The van der Waals surface area contributed by atoms with Gasteiger partial charge in [-0.2, -0.15) is 0 Å². The molecule has 0 aromatic heterocycles. The van der Waals surface area contributed by atoms with Crippen molar-refractivity contribution in [3.05, 3.63) is 0 Å². The Kier molecular flexibility index (Phi) is 4.25. The lowest BCUT2D eigenvalue weighted by Gasteiger charge is -2.35. The first kappa shape index (κ1) is 11.9. The van der Waals surface area contributed by atoms with Gasteiger partial charge in [-0.15, -0.1) is 0 Å². The van der Waals surface area contributed by atoms with Crippen molar-refractivity contribution in [3.8, 4) is 0 Å². The van der Waals surface area contributed by atoms with E-state index in [0.29, 0.717) is 6.04 Å². The molecule has 2 aliphatic rings. The lowest BCUT2D eigenvalue weighted by Crippen LogP contribution is -2.45. The van der Waals surface area contributed by atoms with Gasteiger partial charge in [-0.3, -0.25) is 4.79 Å². The second-order valence-corrected chi connectivity index (χ2v) is 5.54. The summed E-state index contributed by atoms with van der Waals surface area (Å²) in [5.41, 5.74) is 0. The van der Waals surface area contributed by atoms with Crippen molar-refractivity contribution in [2.75, 3.05) is 0 Å². The van der Waals surface area contributed by atoms with E-state index in [0.717, 1.165) is 24.7 Å². The number of hydrogen-bond acceptors (Lipinski definition) is 1. The Bertz CT molecular complexity index is 239. The zero-order chi connectivity index (χ0) is 11.4. The number of nitrogens with one attached hydrogen (secondary N) is 1. The minimum atomic E-state index is 0.287. The summed E-state index contributed by atoms with van der Waals surface area (Å²) >= 11 is 0. The number of piperidine rings is 1. The van der Waals surface area contributed by atoms with Gasteiger partial charge in [-0.25, -0.2) is 0 Å². The average molecular weight is 223 g/mol. The van der Waals surface area contributed by atoms with Crippen molar-refractivity contribution in [1.29, 1.82) is 0 Å².